The number of ketones is 1. The number of fused-ring (bicyclic) bond motifs is 5. The Balaban J connectivity index is 1.54. The molecule has 4 fully saturated rings. The summed E-state index contributed by atoms with van der Waals surface area (Å²) in [5, 5.41) is 10.2. The minimum Gasteiger partial charge on any atom is -0.393 e. The van der Waals surface area contributed by atoms with Gasteiger partial charge in [-0.25, -0.2) is 4.39 Å². The summed E-state index contributed by atoms with van der Waals surface area (Å²) >= 11 is 0. The number of aliphatic hydroxyl groups excluding tert-OH is 1. The van der Waals surface area contributed by atoms with Crippen molar-refractivity contribution in [1.29, 1.82) is 0 Å². The van der Waals surface area contributed by atoms with Crippen LogP contribution in [0.1, 0.15) is 98.3 Å². The van der Waals surface area contributed by atoms with Crippen LogP contribution in [0, 0.1) is 40.4 Å². The number of aliphatic hydroxyl groups is 1. The first-order valence-electron chi connectivity index (χ1n) is 11.9. The standard InChI is InChI=1S/C25H41FO2/c1-16(27)9-14-25(4,26)22-8-7-20-19-6-5-17-15-18(28)10-12-23(17,2)21(19)11-13-24(20,22)3/h17-22,28H,5-15H2,1-4H3/t17-,18+,19-,20-,21-,22-,23-,24-,25?/m0/s1. The topological polar surface area (TPSA) is 37.3 Å². The van der Waals surface area contributed by atoms with E-state index in [0.29, 0.717) is 30.1 Å². The maximum atomic E-state index is 15.8. The number of alkyl halides is 1. The minimum atomic E-state index is -1.22. The molecule has 28 heavy (non-hydrogen) atoms. The molecule has 2 nitrogen and oxygen atoms in total. The van der Waals surface area contributed by atoms with Gasteiger partial charge in [0.1, 0.15) is 11.5 Å². The zero-order valence-electron chi connectivity index (χ0n) is 18.5. The van der Waals surface area contributed by atoms with Crippen molar-refractivity contribution in [1.82, 2.24) is 0 Å². The Morgan fingerprint density at radius 3 is 2.43 bits per heavy atom. The normalized spacial score (nSPS) is 50.2. The van der Waals surface area contributed by atoms with E-state index in [1.807, 2.05) is 0 Å². The van der Waals surface area contributed by atoms with Gasteiger partial charge in [-0.15, -0.1) is 0 Å². The molecular formula is C25H41FO2. The molecule has 0 amide bonds. The van der Waals surface area contributed by atoms with Crippen molar-refractivity contribution in [3.05, 3.63) is 0 Å². The molecule has 3 heteroatoms. The minimum absolute atomic E-state index is 0.0899. The van der Waals surface area contributed by atoms with Gasteiger partial charge in [0.25, 0.3) is 0 Å². The number of Topliss-reactive ketones (excluding diaryl/α,β-unsaturated/α-hetero) is 1. The molecule has 4 saturated carbocycles. The first-order valence-corrected chi connectivity index (χ1v) is 11.9. The fourth-order valence-corrected chi connectivity index (χ4v) is 8.82. The molecule has 1 N–H and O–H groups in total. The molecule has 1 unspecified atom stereocenters. The Bertz CT molecular complexity index is 616. The van der Waals surface area contributed by atoms with E-state index < -0.39 is 5.67 Å². The molecule has 0 aliphatic heterocycles. The second-order valence-electron chi connectivity index (χ2n) is 11.7. The van der Waals surface area contributed by atoms with Crippen LogP contribution in [-0.4, -0.2) is 22.7 Å². The number of rotatable bonds is 4. The molecule has 0 aromatic heterocycles. The van der Waals surface area contributed by atoms with Gasteiger partial charge >= 0.3 is 0 Å². The Hall–Kier alpha value is -0.440. The Morgan fingerprint density at radius 1 is 1.04 bits per heavy atom. The first-order chi connectivity index (χ1) is 13.1. The lowest BCUT2D eigenvalue weighted by atomic mass is 9.44. The molecule has 0 bridgehead atoms. The van der Waals surface area contributed by atoms with Crippen LogP contribution in [0.5, 0.6) is 0 Å². The fraction of sp³-hybridized carbons (Fsp3) is 0.960. The van der Waals surface area contributed by atoms with E-state index in [2.05, 4.69) is 13.8 Å². The van der Waals surface area contributed by atoms with E-state index in [1.165, 1.54) is 32.1 Å². The first kappa shape index (κ1) is 20.8. The largest absolute Gasteiger partial charge is 0.393 e. The molecule has 4 aliphatic carbocycles. The molecule has 160 valence electrons. The number of carbonyl (C=O) groups excluding carboxylic acids is 1. The van der Waals surface area contributed by atoms with Crippen LogP contribution in [0.4, 0.5) is 4.39 Å². The summed E-state index contributed by atoms with van der Waals surface area (Å²) in [4.78, 5) is 11.5. The lowest BCUT2D eigenvalue weighted by Crippen LogP contribution is -2.55. The summed E-state index contributed by atoms with van der Waals surface area (Å²) in [6.07, 6.45) is 10.9. The van der Waals surface area contributed by atoms with Crippen molar-refractivity contribution in [3.63, 3.8) is 0 Å². The Morgan fingerprint density at radius 2 is 1.71 bits per heavy atom. The average molecular weight is 393 g/mol. The Labute approximate surface area is 171 Å². The summed E-state index contributed by atoms with van der Waals surface area (Å²) in [6, 6.07) is 0. The van der Waals surface area contributed by atoms with Gasteiger partial charge in [0, 0.05) is 6.42 Å². The highest BCUT2D eigenvalue weighted by Gasteiger charge is 2.62. The highest BCUT2D eigenvalue weighted by molar-refractivity contribution is 5.75. The zero-order valence-corrected chi connectivity index (χ0v) is 18.5. The quantitative estimate of drug-likeness (QED) is 0.627. The number of carbonyl (C=O) groups is 1. The van der Waals surface area contributed by atoms with E-state index in [4.69, 9.17) is 0 Å². The number of hydrogen-bond donors (Lipinski definition) is 1. The van der Waals surface area contributed by atoms with Gasteiger partial charge in [-0.1, -0.05) is 13.8 Å². The third-order valence-electron chi connectivity index (χ3n) is 10.3. The third kappa shape index (κ3) is 3.19. The SMILES string of the molecule is CC(=O)CCC(C)(F)[C@H]1CC[C@H]2[C@@H]3CC[C@H]4C[C@H](O)CC[C@]4(C)[C@H]3CC[C@]12C. The van der Waals surface area contributed by atoms with E-state index in [9.17, 15) is 9.90 Å². The molecule has 0 radical (unpaired) electrons. The summed E-state index contributed by atoms with van der Waals surface area (Å²) in [6.45, 7) is 8.26. The summed E-state index contributed by atoms with van der Waals surface area (Å²) in [5.74, 6) is 3.04. The molecule has 4 rings (SSSR count). The predicted molar refractivity (Wildman–Crippen MR) is 111 cm³/mol. The van der Waals surface area contributed by atoms with Crippen LogP contribution in [0.3, 0.4) is 0 Å². The average Bonchev–Trinajstić information content (AvgIpc) is 2.99. The van der Waals surface area contributed by atoms with Gasteiger partial charge in [0.2, 0.25) is 0 Å². The highest BCUT2D eigenvalue weighted by Crippen LogP contribution is 2.69. The van der Waals surface area contributed by atoms with Gasteiger partial charge in [-0.05, 0) is 118 Å². The maximum absolute atomic E-state index is 15.8. The van der Waals surface area contributed by atoms with Gasteiger partial charge in [0.15, 0.2) is 0 Å². The lowest BCUT2D eigenvalue weighted by molar-refractivity contribution is -0.136. The molecule has 4 aliphatic rings. The smallest absolute Gasteiger partial charge is 0.129 e. The van der Waals surface area contributed by atoms with Gasteiger partial charge in [-0.3, -0.25) is 0 Å². The van der Waals surface area contributed by atoms with Crippen molar-refractivity contribution >= 4 is 5.78 Å². The molecule has 0 heterocycles. The lowest BCUT2D eigenvalue weighted by Gasteiger charge is -2.61. The summed E-state index contributed by atoms with van der Waals surface area (Å²) < 4.78 is 15.8. The van der Waals surface area contributed by atoms with Crippen molar-refractivity contribution in [2.24, 2.45) is 40.4 Å². The van der Waals surface area contributed by atoms with Gasteiger partial charge < -0.3 is 9.90 Å². The van der Waals surface area contributed by atoms with Crippen LogP contribution >= 0.6 is 0 Å². The summed E-state index contributed by atoms with van der Waals surface area (Å²) in [5.41, 5.74) is -0.744. The monoisotopic (exact) mass is 392 g/mol. The van der Waals surface area contributed by atoms with Gasteiger partial charge in [0.05, 0.1) is 6.10 Å². The van der Waals surface area contributed by atoms with Crippen LogP contribution < -0.4 is 0 Å². The molecule has 0 saturated heterocycles. The summed E-state index contributed by atoms with van der Waals surface area (Å²) in [7, 11) is 0. The third-order valence-corrected chi connectivity index (χ3v) is 10.3. The Kier molecular flexibility index (Phi) is 5.25. The van der Waals surface area contributed by atoms with Gasteiger partial charge in [-0.2, -0.15) is 0 Å². The second kappa shape index (κ2) is 7.06. The zero-order chi connectivity index (χ0) is 20.3. The molecule has 0 aromatic carbocycles. The number of halogens is 1. The van der Waals surface area contributed by atoms with Crippen molar-refractivity contribution in [3.8, 4) is 0 Å². The highest BCUT2D eigenvalue weighted by atomic mass is 19.1. The fourth-order valence-electron chi connectivity index (χ4n) is 8.82. The molecule has 0 aromatic rings. The van der Waals surface area contributed by atoms with E-state index in [-0.39, 0.29) is 23.2 Å². The van der Waals surface area contributed by atoms with Crippen LogP contribution in [-0.2, 0) is 4.79 Å². The van der Waals surface area contributed by atoms with Crippen molar-refractivity contribution < 1.29 is 14.3 Å². The number of hydrogen-bond acceptors (Lipinski definition) is 2. The molecule has 9 atom stereocenters. The molecular weight excluding hydrogens is 351 g/mol. The van der Waals surface area contributed by atoms with E-state index in [0.717, 1.165) is 37.5 Å². The van der Waals surface area contributed by atoms with E-state index in [1.54, 1.807) is 13.8 Å². The molecule has 0 spiro atoms. The van der Waals surface area contributed by atoms with Crippen LogP contribution in [0.2, 0.25) is 0 Å². The van der Waals surface area contributed by atoms with Crippen LogP contribution in [0.25, 0.3) is 0 Å². The predicted octanol–water partition coefficient (Wildman–Crippen LogP) is 6.10. The van der Waals surface area contributed by atoms with Crippen molar-refractivity contribution in [2.45, 2.75) is 110 Å². The maximum Gasteiger partial charge on any atom is 0.129 e. The van der Waals surface area contributed by atoms with Crippen molar-refractivity contribution in [2.75, 3.05) is 0 Å². The van der Waals surface area contributed by atoms with Crippen LogP contribution in [0.15, 0.2) is 0 Å². The van der Waals surface area contributed by atoms with E-state index >= 15 is 4.39 Å². The second-order valence-corrected chi connectivity index (χ2v) is 11.7.